The second kappa shape index (κ2) is 7.24. The van der Waals surface area contributed by atoms with Crippen LogP contribution in [0, 0.1) is 22.7 Å². The van der Waals surface area contributed by atoms with Crippen LogP contribution >= 0.6 is 0 Å². The molecule has 0 aromatic heterocycles. The molecule has 0 rings (SSSR count). The molecule has 0 saturated heterocycles. The zero-order valence-corrected chi connectivity index (χ0v) is 10.7. The minimum absolute atomic E-state index is 0.164. The molecule has 4 heteroatoms. The van der Waals surface area contributed by atoms with Gasteiger partial charge in [-0.05, 0) is 18.8 Å². The van der Waals surface area contributed by atoms with Gasteiger partial charge in [0.1, 0.15) is 5.41 Å². The number of hydrogen-bond acceptors (Lipinski definition) is 3. The summed E-state index contributed by atoms with van der Waals surface area (Å²) in [5, 5.41) is 11.9. The van der Waals surface area contributed by atoms with Crippen LogP contribution in [0.5, 0.6) is 0 Å². The largest absolute Gasteiger partial charge is 0.384 e. The summed E-state index contributed by atoms with van der Waals surface area (Å²) in [5.74, 6) is 0.0991. The molecule has 0 saturated carbocycles. The predicted octanol–water partition coefficient (Wildman–Crippen LogP) is 1.72. The van der Waals surface area contributed by atoms with Crippen molar-refractivity contribution in [2.45, 2.75) is 33.6 Å². The van der Waals surface area contributed by atoms with Gasteiger partial charge in [0.05, 0.1) is 12.7 Å². The van der Waals surface area contributed by atoms with Crippen LogP contribution in [0.25, 0.3) is 0 Å². The molecular formula is C12H22N2O2. The molecule has 0 fully saturated rings. The average Bonchev–Trinajstić information content (AvgIpc) is 2.30. The highest BCUT2D eigenvalue weighted by Crippen LogP contribution is 2.25. The lowest BCUT2D eigenvalue weighted by atomic mass is 9.83. The van der Waals surface area contributed by atoms with Gasteiger partial charge in [-0.25, -0.2) is 0 Å². The van der Waals surface area contributed by atoms with E-state index in [-0.39, 0.29) is 11.8 Å². The lowest BCUT2D eigenvalue weighted by molar-refractivity contribution is -0.128. The van der Waals surface area contributed by atoms with Crippen molar-refractivity contribution < 1.29 is 9.53 Å². The van der Waals surface area contributed by atoms with E-state index in [1.807, 2.05) is 20.8 Å². The van der Waals surface area contributed by atoms with Crippen molar-refractivity contribution in [2.24, 2.45) is 11.3 Å². The number of hydrogen-bond donors (Lipinski definition) is 1. The molecule has 0 aliphatic heterocycles. The first kappa shape index (κ1) is 14.9. The summed E-state index contributed by atoms with van der Waals surface area (Å²) in [7, 11) is 1.63. The Bertz CT molecular complexity index is 254. The lowest BCUT2D eigenvalue weighted by Crippen LogP contribution is -2.41. The summed E-state index contributed by atoms with van der Waals surface area (Å²) in [6, 6.07) is 2.13. The number of methoxy groups -OCH3 is 1. The second-order valence-corrected chi connectivity index (χ2v) is 4.17. The molecule has 0 bridgehead atoms. The van der Waals surface area contributed by atoms with Gasteiger partial charge in [-0.3, -0.25) is 4.79 Å². The van der Waals surface area contributed by atoms with Crippen LogP contribution in [0.3, 0.4) is 0 Å². The second-order valence-electron chi connectivity index (χ2n) is 4.17. The van der Waals surface area contributed by atoms with Crippen LogP contribution in [-0.2, 0) is 9.53 Å². The number of carbonyl (C=O) groups excluding carboxylic acids is 1. The van der Waals surface area contributed by atoms with Crippen molar-refractivity contribution in [3.63, 3.8) is 0 Å². The first-order valence-corrected chi connectivity index (χ1v) is 5.74. The highest BCUT2D eigenvalue weighted by molar-refractivity contribution is 5.85. The van der Waals surface area contributed by atoms with Gasteiger partial charge in [-0.15, -0.1) is 0 Å². The Hall–Kier alpha value is -1.08. The maximum Gasteiger partial charge on any atom is 0.240 e. The van der Waals surface area contributed by atoms with Crippen LogP contribution in [0.4, 0.5) is 0 Å². The van der Waals surface area contributed by atoms with Crippen LogP contribution < -0.4 is 5.32 Å². The molecule has 0 heterocycles. The zero-order valence-electron chi connectivity index (χ0n) is 10.7. The monoisotopic (exact) mass is 226 g/mol. The van der Waals surface area contributed by atoms with Gasteiger partial charge in [0.25, 0.3) is 0 Å². The van der Waals surface area contributed by atoms with E-state index in [1.54, 1.807) is 7.11 Å². The van der Waals surface area contributed by atoms with Crippen molar-refractivity contribution in [1.29, 1.82) is 5.26 Å². The smallest absolute Gasteiger partial charge is 0.240 e. The number of nitrogens with one attached hydrogen (secondary N) is 1. The molecule has 92 valence electrons. The maximum absolute atomic E-state index is 11.9. The molecule has 16 heavy (non-hydrogen) atoms. The summed E-state index contributed by atoms with van der Waals surface area (Å²) < 4.78 is 4.98. The number of rotatable bonds is 7. The maximum atomic E-state index is 11.9. The third-order valence-corrected chi connectivity index (χ3v) is 2.92. The fourth-order valence-corrected chi connectivity index (χ4v) is 1.56. The molecule has 4 nitrogen and oxygen atoms in total. The van der Waals surface area contributed by atoms with Gasteiger partial charge in [-0.1, -0.05) is 20.8 Å². The van der Waals surface area contributed by atoms with E-state index in [0.29, 0.717) is 26.0 Å². The standard InChI is InChI=1S/C12H22N2O2/c1-5-12(6-2,9-13)11(15)14-7-10(3)8-16-4/h10H,5-8H2,1-4H3,(H,14,15). The van der Waals surface area contributed by atoms with Crippen molar-refractivity contribution >= 4 is 5.91 Å². The molecule has 1 unspecified atom stereocenters. The van der Waals surface area contributed by atoms with E-state index in [2.05, 4.69) is 11.4 Å². The fraction of sp³-hybridized carbons (Fsp3) is 0.833. The summed E-state index contributed by atoms with van der Waals surface area (Å²) in [5.41, 5.74) is -0.868. The van der Waals surface area contributed by atoms with E-state index >= 15 is 0 Å². The molecule has 1 atom stereocenters. The number of nitriles is 1. The topological polar surface area (TPSA) is 62.1 Å². The fourth-order valence-electron chi connectivity index (χ4n) is 1.56. The van der Waals surface area contributed by atoms with Gasteiger partial charge in [0.2, 0.25) is 5.91 Å². The third-order valence-electron chi connectivity index (χ3n) is 2.92. The van der Waals surface area contributed by atoms with Crippen LogP contribution in [0.1, 0.15) is 33.6 Å². The minimum atomic E-state index is -0.868. The number of nitrogens with zero attached hydrogens (tertiary/aromatic N) is 1. The molecule has 0 aliphatic rings. The molecule has 0 radical (unpaired) electrons. The molecule has 0 aliphatic carbocycles. The van der Waals surface area contributed by atoms with Crippen molar-refractivity contribution in [1.82, 2.24) is 5.32 Å². The van der Waals surface area contributed by atoms with Gasteiger partial charge >= 0.3 is 0 Å². The Morgan fingerprint density at radius 3 is 2.44 bits per heavy atom. The molecule has 0 aromatic carbocycles. The van der Waals surface area contributed by atoms with Gasteiger partial charge in [-0.2, -0.15) is 5.26 Å². The summed E-state index contributed by atoms with van der Waals surface area (Å²) in [4.78, 5) is 11.9. The SMILES string of the molecule is CCC(C#N)(CC)C(=O)NCC(C)COC. The van der Waals surface area contributed by atoms with Gasteiger partial charge in [0.15, 0.2) is 0 Å². The summed E-state index contributed by atoms with van der Waals surface area (Å²) in [6.07, 6.45) is 1.09. The van der Waals surface area contributed by atoms with E-state index in [0.717, 1.165) is 0 Å². The normalized spacial score (nSPS) is 12.9. The quantitative estimate of drug-likeness (QED) is 0.719. The van der Waals surface area contributed by atoms with E-state index in [1.165, 1.54) is 0 Å². The number of carbonyl (C=O) groups is 1. The number of ether oxygens (including phenoxy) is 1. The predicted molar refractivity (Wildman–Crippen MR) is 62.7 cm³/mol. The third kappa shape index (κ3) is 3.82. The Labute approximate surface area is 98.0 Å². The zero-order chi connectivity index (χ0) is 12.6. The lowest BCUT2D eigenvalue weighted by Gasteiger charge is -2.23. The summed E-state index contributed by atoms with van der Waals surface area (Å²) in [6.45, 7) is 6.89. The molecule has 1 amide bonds. The molecular weight excluding hydrogens is 204 g/mol. The van der Waals surface area contributed by atoms with Crippen molar-refractivity contribution in [3.05, 3.63) is 0 Å². The molecule has 0 aromatic rings. The highest BCUT2D eigenvalue weighted by atomic mass is 16.5. The summed E-state index contributed by atoms with van der Waals surface area (Å²) >= 11 is 0. The Morgan fingerprint density at radius 1 is 1.50 bits per heavy atom. The highest BCUT2D eigenvalue weighted by Gasteiger charge is 2.34. The first-order chi connectivity index (χ1) is 7.56. The Morgan fingerprint density at radius 2 is 2.06 bits per heavy atom. The van der Waals surface area contributed by atoms with E-state index in [9.17, 15) is 4.79 Å². The van der Waals surface area contributed by atoms with Gasteiger partial charge < -0.3 is 10.1 Å². The minimum Gasteiger partial charge on any atom is -0.384 e. The van der Waals surface area contributed by atoms with Crippen LogP contribution in [0.2, 0.25) is 0 Å². The van der Waals surface area contributed by atoms with E-state index < -0.39 is 5.41 Å². The average molecular weight is 226 g/mol. The van der Waals surface area contributed by atoms with Gasteiger partial charge in [0, 0.05) is 13.7 Å². The Balaban J connectivity index is 4.29. The van der Waals surface area contributed by atoms with Crippen molar-refractivity contribution in [3.8, 4) is 6.07 Å². The molecule has 0 spiro atoms. The van der Waals surface area contributed by atoms with Crippen LogP contribution in [-0.4, -0.2) is 26.2 Å². The molecule has 1 N–H and O–H groups in total. The Kier molecular flexibility index (Phi) is 6.75. The first-order valence-electron chi connectivity index (χ1n) is 5.74. The van der Waals surface area contributed by atoms with Crippen molar-refractivity contribution in [2.75, 3.05) is 20.3 Å². The van der Waals surface area contributed by atoms with E-state index in [4.69, 9.17) is 10.00 Å². The number of amides is 1. The van der Waals surface area contributed by atoms with Crippen LogP contribution in [0.15, 0.2) is 0 Å².